The fourth-order valence-corrected chi connectivity index (χ4v) is 2.87. The van der Waals surface area contributed by atoms with Crippen LogP contribution < -0.4 is 0 Å². The van der Waals surface area contributed by atoms with Crippen LogP contribution in [-0.2, 0) is 9.59 Å². The minimum Gasteiger partial charge on any atom is -0.299 e. The Labute approximate surface area is 122 Å². The Hall–Kier alpha value is -1.70. The zero-order chi connectivity index (χ0) is 14.8. The van der Waals surface area contributed by atoms with E-state index in [2.05, 4.69) is 13.2 Å². The third-order valence-corrected chi connectivity index (χ3v) is 3.90. The molecule has 0 fully saturated rings. The van der Waals surface area contributed by atoms with E-state index in [4.69, 9.17) is 0 Å². The molecule has 0 spiro atoms. The Morgan fingerprint density at radius 1 is 1.30 bits per heavy atom. The molecule has 0 bridgehead atoms. The molecule has 20 heavy (non-hydrogen) atoms. The second kappa shape index (κ2) is 9.24. The molecule has 0 unspecified atom stereocenters. The summed E-state index contributed by atoms with van der Waals surface area (Å²) in [7, 11) is 0. The molecule has 0 aliphatic heterocycles. The van der Waals surface area contributed by atoms with E-state index in [1.807, 2.05) is 24.3 Å². The molecule has 2 nitrogen and oxygen atoms in total. The number of hydrogen-bond acceptors (Lipinski definition) is 2. The predicted molar refractivity (Wildman–Crippen MR) is 83.3 cm³/mol. The van der Waals surface area contributed by atoms with Crippen molar-refractivity contribution in [3.63, 3.8) is 0 Å². The molecular weight excluding hydrogens is 248 g/mol. The maximum Gasteiger partial charge on any atom is 0.158 e. The molecule has 0 saturated carbocycles. The second-order valence-electron chi connectivity index (χ2n) is 5.36. The Balaban J connectivity index is 2.71. The van der Waals surface area contributed by atoms with Crippen molar-refractivity contribution < 1.29 is 9.59 Å². The van der Waals surface area contributed by atoms with E-state index in [1.165, 1.54) is 6.08 Å². The number of rotatable bonds is 9. The van der Waals surface area contributed by atoms with Gasteiger partial charge in [0, 0.05) is 5.92 Å². The average Bonchev–Trinajstić information content (AvgIpc) is 2.43. The van der Waals surface area contributed by atoms with Gasteiger partial charge in [0.15, 0.2) is 5.78 Å². The summed E-state index contributed by atoms with van der Waals surface area (Å²) in [6.45, 7) is 7.58. The van der Waals surface area contributed by atoms with Gasteiger partial charge in [-0.3, -0.25) is 9.59 Å². The van der Waals surface area contributed by atoms with E-state index in [1.54, 1.807) is 6.08 Å². The van der Waals surface area contributed by atoms with Crippen molar-refractivity contribution in [1.29, 1.82) is 0 Å². The van der Waals surface area contributed by atoms with Crippen molar-refractivity contribution in [2.75, 3.05) is 0 Å². The fourth-order valence-electron chi connectivity index (χ4n) is 2.87. The van der Waals surface area contributed by atoms with Crippen molar-refractivity contribution in [2.45, 2.75) is 32.1 Å². The monoisotopic (exact) mass is 272 g/mol. The van der Waals surface area contributed by atoms with Crippen molar-refractivity contribution in [3.05, 3.63) is 49.6 Å². The number of carbonyl (C=O) groups excluding carboxylic acids is 2. The molecule has 0 amide bonds. The van der Waals surface area contributed by atoms with E-state index < -0.39 is 0 Å². The molecule has 0 aromatic rings. The van der Waals surface area contributed by atoms with Crippen LogP contribution in [-0.4, -0.2) is 12.1 Å². The van der Waals surface area contributed by atoms with Gasteiger partial charge in [-0.05, 0) is 56.1 Å². The first kappa shape index (κ1) is 16.4. The number of hydrogen-bond donors (Lipinski definition) is 0. The molecule has 0 N–H and O–H groups in total. The van der Waals surface area contributed by atoms with Crippen molar-refractivity contribution in [2.24, 2.45) is 17.8 Å². The minimum atomic E-state index is 0.0765. The van der Waals surface area contributed by atoms with E-state index in [9.17, 15) is 9.59 Å². The summed E-state index contributed by atoms with van der Waals surface area (Å²) in [5, 5.41) is 0. The SMILES string of the molecule is C=CC[C@H](C/C=C\C=O)C[C@@H]1C(=O)C=CC[C@H]1CC=C. The van der Waals surface area contributed by atoms with Crippen LogP contribution in [0, 0.1) is 17.8 Å². The van der Waals surface area contributed by atoms with E-state index >= 15 is 0 Å². The maximum atomic E-state index is 12.1. The number of carbonyl (C=O) groups is 2. The Morgan fingerprint density at radius 2 is 2.10 bits per heavy atom. The van der Waals surface area contributed by atoms with E-state index in [0.717, 1.165) is 38.4 Å². The van der Waals surface area contributed by atoms with Gasteiger partial charge in [0.2, 0.25) is 0 Å². The van der Waals surface area contributed by atoms with Crippen molar-refractivity contribution >= 4 is 12.1 Å². The van der Waals surface area contributed by atoms with Crippen LogP contribution in [0.5, 0.6) is 0 Å². The van der Waals surface area contributed by atoms with Gasteiger partial charge in [0.1, 0.15) is 6.29 Å². The smallest absolute Gasteiger partial charge is 0.158 e. The standard InChI is InChI=1S/C18H24O2/c1-3-8-15(10-5-6-13-19)14-17-16(9-4-2)11-7-12-18(17)20/h3-7,12-13,15-17H,1-2,8-11,14H2/b6-5-/t15-,16-,17+/m1/s1. The summed E-state index contributed by atoms with van der Waals surface area (Å²) in [6.07, 6.45) is 16.1. The van der Waals surface area contributed by atoms with E-state index in [0.29, 0.717) is 11.8 Å². The van der Waals surface area contributed by atoms with Gasteiger partial charge >= 0.3 is 0 Å². The third-order valence-electron chi connectivity index (χ3n) is 3.90. The third kappa shape index (κ3) is 5.12. The molecule has 1 rings (SSSR count). The zero-order valence-corrected chi connectivity index (χ0v) is 12.0. The van der Waals surface area contributed by atoms with Gasteiger partial charge in [-0.1, -0.05) is 24.3 Å². The topological polar surface area (TPSA) is 34.1 Å². The molecule has 0 aromatic heterocycles. The fraction of sp³-hybridized carbons (Fsp3) is 0.444. The first-order chi connectivity index (χ1) is 9.72. The van der Waals surface area contributed by atoms with Crippen molar-refractivity contribution in [3.8, 4) is 0 Å². The van der Waals surface area contributed by atoms with Crippen LogP contribution >= 0.6 is 0 Å². The highest BCUT2D eigenvalue weighted by atomic mass is 16.1. The molecular formula is C18H24O2. The van der Waals surface area contributed by atoms with Gasteiger partial charge in [-0.2, -0.15) is 0 Å². The lowest BCUT2D eigenvalue weighted by atomic mass is 9.74. The Morgan fingerprint density at radius 3 is 2.75 bits per heavy atom. The van der Waals surface area contributed by atoms with Crippen LogP contribution in [0.2, 0.25) is 0 Å². The molecule has 1 aliphatic rings. The first-order valence-corrected chi connectivity index (χ1v) is 7.25. The summed E-state index contributed by atoms with van der Waals surface area (Å²) in [6, 6.07) is 0. The highest BCUT2D eigenvalue weighted by Gasteiger charge is 2.29. The summed E-state index contributed by atoms with van der Waals surface area (Å²) < 4.78 is 0. The molecule has 3 atom stereocenters. The van der Waals surface area contributed by atoms with Crippen LogP contribution in [0.1, 0.15) is 32.1 Å². The normalized spacial score (nSPS) is 23.7. The molecule has 0 aromatic carbocycles. The molecule has 1 aliphatic carbocycles. The van der Waals surface area contributed by atoms with Crippen LogP contribution in [0.25, 0.3) is 0 Å². The molecule has 2 heteroatoms. The first-order valence-electron chi connectivity index (χ1n) is 7.25. The zero-order valence-electron chi connectivity index (χ0n) is 12.0. The second-order valence-corrected chi connectivity index (χ2v) is 5.36. The summed E-state index contributed by atoms with van der Waals surface area (Å²) in [5.74, 6) is 1.05. The van der Waals surface area contributed by atoms with Gasteiger partial charge in [0.05, 0.1) is 0 Å². The van der Waals surface area contributed by atoms with Gasteiger partial charge in [-0.25, -0.2) is 0 Å². The lowest BCUT2D eigenvalue weighted by molar-refractivity contribution is -0.121. The lowest BCUT2D eigenvalue weighted by Crippen LogP contribution is -2.27. The van der Waals surface area contributed by atoms with Gasteiger partial charge < -0.3 is 0 Å². The van der Waals surface area contributed by atoms with Crippen LogP contribution in [0.4, 0.5) is 0 Å². The summed E-state index contributed by atoms with van der Waals surface area (Å²) in [5.41, 5.74) is 0. The number of allylic oxidation sites excluding steroid dienone is 6. The number of aldehydes is 1. The minimum absolute atomic E-state index is 0.0765. The predicted octanol–water partition coefficient (Wildman–Crippen LogP) is 4.05. The molecule has 0 saturated heterocycles. The molecule has 0 radical (unpaired) electrons. The quantitative estimate of drug-likeness (QED) is 0.360. The van der Waals surface area contributed by atoms with Gasteiger partial charge in [0.25, 0.3) is 0 Å². The largest absolute Gasteiger partial charge is 0.299 e. The summed E-state index contributed by atoms with van der Waals surface area (Å²) >= 11 is 0. The summed E-state index contributed by atoms with van der Waals surface area (Å²) in [4.78, 5) is 22.5. The Kier molecular flexibility index (Phi) is 7.56. The van der Waals surface area contributed by atoms with Crippen LogP contribution in [0.3, 0.4) is 0 Å². The van der Waals surface area contributed by atoms with Gasteiger partial charge in [-0.15, -0.1) is 13.2 Å². The highest BCUT2D eigenvalue weighted by molar-refractivity contribution is 5.92. The lowest BCUT2D eigenvalue weighted by Gasteiger charge is -2.29. The highest BCUT2D eigenvalue weighted by Crippen LogP contribution is 2.33. The maximum absolute atomic E-state index is 12.1. The van der Waals surface area contributed by atoms with Crippen LogP contribution in [0.15, 0.2) is 49.6 Å². The van der Waals surface area contributed by atoms with Crippen molar-refractivity contribution in [1.82, 2.24) is 0 Å². The molecule has 0 heterocycles. The average molecular weight is 272 g/mol. The van der Waals surface area contributed by atoms with E-state index in [-0.39, 0.29) is 11.7 Å². The number of ketones is 1. The molecule has 108 valence electrons. The Bertz CT molecular complexity index is 404.